The molecule has 3 nitrogen and oxygen atoms in total. The molecule has 1 heterocycles. The molecule has 0 fully saturated rings. The van der Waals surface area contributed by atoms with E-state index in [-0.39, 0.29) is 12.4 Å². The number of hydrogen-bond acceptors (Lipinski definition) is 3. The molecule has 1 N–H and O–H groups in total. The Balaban J connectivity index is 2.09. The van der Waals surface area contributed by atoms with Crippen molar-refractivity contribution in [3.63, 3.8) is 0 Å². The average molecular weight is 250 g/mol. The summed E-state index contributed by atoms with van der Waals surface area (Å²) in [6.45, 7) is 0.231. The number of anilines is 1. The minimum atomic E-state index is -0.924. The molecule has 2 aromatic rings. The van der Waals surface area contributed by atoms with Gasteiger partial charge in [-0.1, -0.05) is 6.07 Å². The molecule has 1 aromatic heterocycles. The Hall–Kier alpha value is -2.17. The third-order valence-corrected chi connectivity index (χ3v) is 2.41. The van der Waals surface area contributed by atoms with E-state index in [9.17, 15) is 8.78 Å². The van der Waals surface area contributed by atoms with Gasteiger partial charge in [0.05, 0.1) is 0 Å². The summed E-state index contributed by atoms with van der Waals surface area (Å²) in [6.07, 6.45) is 1.66. The smallest absolute Gasteiger partial charge is 0.162 e. The van der Waals surface area contributed by atoms with Gasteiger partial charge in [-0.05, 0) is 18.2 Å². The third kappa shape index (κ3) is 2.74. The molecule has 0 aliphatic carbocycles. The summed E-state index contributed by atoms with van der Waals surface area (Å²) in [7, 11) is 1.75. The minimum absolute atomic E-state index is 0.231. The van der Waals surface area contributed by atoms with Gasteiger partial charge < -0.3 is 10.1 Å². The molecule has 0 saturated carbocycles. The normalized spacial score (nSPS) is 10.2. The molecule has 2 rings (SSSR count). The highest BCUT2D eigenvalue weighted by atomic mass is 19.2. The molecule has 0 amide bonds. The van der Waals surface area contributed by atoms with Crippen molar-refractivity contribution in [1.29, 1.82) is 0 Å². The molecule has 0 radical (unpaired) electrons. The molecule has 0 aliphatic rings. The number of nitrogens with one attached hydrogen (secondary N) is 1. The van der Waals surface area contributed by atoms with Gasteiger partial charge in [-0.2, -0.15) is 0 Å². The number of halogens is 2. The molecule has 0 bridgehead atoms. The van der Waals surface area contributed by atoms with Crippen LogP contribution in [0.4, 0.5) is 14.6 Å². The summed E-state index contributed by atoms with van der Waals surface area (Å²) < 4.78 is 31.1. The molecule has 0 saturated heterocycles. The molecule has 0 atom stereocenters. The maximum absolute atomic E-state index is 13.0. The van der Waals surface area contributed by atoms with E-state index < -0.39 is 11.6 Å². The highest BCUT2D eigenvalue weighted by Crippen LogP contribution is 2.18. The molecule has 0 spiro atoms. The summed E-state index contributed by atoms with van der Waals surface area (Å²) >= 11 is 0. The number of rotatable bonds is 4. The van der Waals surface area contributed by atoms with E-state index in [1.54, 1.807) is 19.3 Å². The number of benzene rings is 1. The largest absolute Gasteiger partial charge is 0.489 e. The van der Waals surface area contributed by atoms with Crippen LogP contribution in [0.5, 0.6) is 5.75 Å². The van der Waals surface area contributed by atoms with E-state index in [0.29, 0.717) is 5.82 Å². The fourth-order valence-electron chi connectivity index (χ4n) is 1.51. The van der Waals surface area contributed by atoms with E-state index in [1.165, 1.54) is 6.07 Å². The Bertz CT molecular complexity index is 546. The number of nitrogens with zero attached hydrogens (tertiary/aromatic N) is 1. The van der Waals surface area contributed by atoms with Crippen LogP contribution in [-0.2, 0) is 6.61 Å². The van der Waals surface area contributed by atoms with Crippen molar-refractivity contribution in [2.24, 2.45) is 0 Å². The van der Waals surface area contributed by atoms with E-state index in [0.717, 1.165) is 17.7 Å². The zero-order valence-electron chi connectivity index (χ0n) is 9.78. The highest BCUT2D eigenvalue weighted by Gasteiger charge is 2.05. The quantitative estimate of drug-likeness (QED) is 0.905. The van der Waals surface area contributed by atoms with Crippen LogP contribution in [0.1, 0.15) is 5.56 Å². The Kier molecular flexibility index (Phi) is 3.72. The zero-order valence-corrected chi connectivity index (χ0v) is 9.78. The number of aromatic nitrogens is 1. The first-order valence-corrected chi connectivity index (χ1v) is 5.40. The van der Waals surface area contributed by atoms with Crippen molar-refractivity contribution in [3.8, 4) is 5.75 Å². The van der Waals surface area contributed by atoms with Crippen LogP contribution in [0, 0.1) is 11.6 Å². The Morgan fingerprint density at radius 1 is 1.22 bits per heavy atom. The first-order chi connectivity index (χ1) is 8.70. The minimum Gasteiger partial charge on any atom is -0.489 e. The molecular formula is C13H12F2N2O. The molecule has 18 heavy (non-hydrogen) atoms. The maximum Gasteiger partial charge on any atom is 0.162 e. The van der Waals surface area contributed by atoms with Gasteiger partial charge in [-0.3, -0.25) is 0 Å². The van der Waals surface area contributed by atoms with Crippen LogP contribution in [-0.4, -0.2) is 12.0 Å². The molecule has 5 heteroatoms. The second-order valence-electron chi connectivity index (χ2n) is 3.63. The second-order valence-corrected chi connectivity index (χ2v) is 3.63. The third-order valence-electron chi connectivity index (χ3n) is 2.41. The van der Waals surface area contributed by atoms with E-state index in [1.807, 2.05) is 6.07 Å². The number of hydrogen-bond donors (Lipinski definition) is 1. The van der Waals surface area contributed by atoms with Gasteiger partial charge in [-0.15, -0.1) is 0 Å². The number of ether oxygens (including phenoxy) is 1. The lowest BCUT2D eigenvalue weighted by Crippen LogP contribution is -2.02. The van der Waals surface area contributed by atoms with Crippen molar-refractivity contribution in [2.45, 2.75) is 6.61 Å². The summed E-state index contributed by atoms with van der Waals surface area (Å²) in [5.41, 5.74) is 0.838. The van der Waals surface area contributed by atoms with Crippen molar-refractivity contribution < 1.29 is 13.5 Å². The first-order valence-electron chi connectivity index (χ1n) is 5.40. The molecule has 0 unspecified atom stereocenters. The topological polar surface area (TPSA) is 34.2 Å². The van der Waals surface area contributed by atoms with Crippen LogP contribution in [0.15, 0.2) is 36.5 Å². The fraction of sp³-hybridized carbons (Fsp3) is 0.154. The van der Waals surface area contributed by atoms with Gasteiger partial charge in [0.1, 0.15) is 18.2 Å². The van der Waals surface area contributed by atoms with Gasteiger partial charge in [0, 0.05) is 24.9 Å². The van der Waals surface area contributed by atoms with Crippen molar-refractivity contribution in [3.05, 3.63) is 53.7 Å². The molecule has 1 aromatic carbocycles. The van der Waals surface area contributed by atoms with Gasteiger partial charge >= 0.3 is 0 Å². The van der Waals surface area contributed by atoms with Gasteiger partial charge in [0.2, 0.25) is 0 Å². The Morgan fingerprint density at radius 2 is 2.06 bits per heavy atom. The lowest BCUT2D eigenvalue weighted by Gasteiger charge is -2.09. The van der Waals surface area contributed by atoms with Crippen LogP contribution in [0.3, 0.4) is 0 Å². The zero-order chi connectivity index (χ0) is 13.0. The van der Waals surface area contributed by atoms with Crippen molar-refractivity contribution >= 4 is 5.82 Å². The van der Waals surface area contributed by atoms with Crippen LogP contribution < -0.4 is 10.1 Å². The highest BCUT2D eigenvalue weighted by molar-refractivity contribution is 5.42. The van der Waals surface area contributed by atoms with Crippen LogP contribution in [0.2, 0.25) is 0 Å². The summed E-state index contributed by atoms with van der Waals surface area (Å²) in [5.74, 6) is -0.841. The lowest BCUT2D eigenvalue weighted by molar-refractivity contribution is 0.303. The van der Waals surface area contributed by atoms with E-state index >= 15 is 0 Å². The van der Waals surface area contributed by atoms with Crippen LogP contribution >= 0.6 is 0 Å². The van der Waals surface area contributed by atoms with Gasteiger partial charge in [-0.25, -0.2) is 13.8 Å². The van der Waals surface area contributed by atoms with Crippen LogP contribution in [0.25, 0.3) is 0 Å². The predicted molar refractivity (Wildman–Crippen MR) is 64.5 cm³/mol. The van der Waals surface area contributed by atoms with Crippen molar-refractivity contribution in [1.82, 2.24) is 4.98 Å². The van der Waals surface area contributed by atoms with E-state index in [4.69, 9.17) is 4.74 Å². The molecular weight excluding hydrogens is 238 g/mol. The Labute approximate surface area is 103 Å². The number of pyridine rings is 1. The molecule has 0 aliphatic heterocycles. The summed E-state index contributed by atoms with van der Waals surface area (Å²) in [5, 5.41) is 2.93. The second kappa shape index (κ2) is 5.44. The van der Waals surface area contributed by atoms with E-state index in [2.05, 4.69) is 10.3 Å². The SMILES string of the molecule is CNc1ncccc1COc1ccc(F)c(F)c1. The predicted octanol–water partition coefficient (Wildman–Crippen LogP) is 2.98. The fourth-order valence-corrected chi connectivity index (χ4v) is 1.51. The average Bonchev–Trinajstić information content (AvgIpc) is 2.40. The van der Waals surface area contributed by atoms with Crippen molar-refractivity contribution in [2.75, 3.05) is 12.4 Å². The summed E-state index contributed by atoms with van der Waals surface area (Å²) in [4.78, 5) is 4.12. The first kappa shape index (κ1) is 12.3. The van der Waals surface area contributed by atoms with Gasteiger partial charge in [0.25, 0.3) is 0 Å². The monoisotopic (exact) mass is 250 g/mol. The molecule has 94 valence electrons. The standard InChI is InChI=1S/C13H12F2N2O/c1-16-13-9(3-2-6-17-13)8-18-10-4-5-11(14)12(15)7-10/h2-7H,8H2,1H3,(H,16,17). The van der Waals surface area contributed by atoms with Gasteiger partial charge in [0.15, 0.2) is 11.6 Å². The Morgan fingerprint density at radius 3 is 2.78 bits per heavy atom. The lowest BCUT2D eigenvalue weighted by atomic mass is 10.2. The maximum atomic E-state index is 13.0. The summed E-state index contributed by atoms with van der Waals surface area (Å²) in [6, 6.07) is 7.06.